The number of rotatable bonds is 3. The predicted octanol–water partition coefficient (Wildman–Crippen LogP) is 1.21. The highest BCUT2D eigenvalue weighted by atomic mass is 16.3. The fraction of sp³-hybridized carbons (Fsp3) is 1.00. The van der Waals surface area contributed by atoms with E-state index in [4.69, 9.17) is 5.73 Å². The molecule has 1 saturated carbocycles. The van der Waals surface area contributed by atoms with Gasteiger partial charge in [-0.05, 0) is 37.1 Å². The van der Waals surface area contributed by atoms with E-state index >= 15 is 0 Å². The molecule has 3 atom stereocenters. The Morgan fingerprint density at radius 1 is 1.44 bits per heavy atom. The maximum Gasteiger partial charge on any atom is 0.0789 e. The van der Waals surface area contributed by atoms with Crippen molar-refractivity contribution in [2.24, 2.45) is 17.1 Å². The van der Waals surface area contributed by atoms with Crippen molar-refractivity contribution in [1.29, 1.82) is 0 Å². The second-order valence-electron chi connectivity index (χ2n) is 6.01. The van der Waals surface area contributed by atoms with Gasteiger partial charge in [0.05, 0.1) is 6.10 Å². The molecular formula is C13H26N2O. The zero-order valence-corrected chi connectivity index (χ0v) is 10.5. The summed E-state index contributed by atoms with van der Waals surface area (Å²) < 4.78 is 0. The van der Waals surface area contributed by atoms with Gasteiger partial charge in [0, 0.05) is 19.6 Å². The zero-order valence-electron chi connectivity index (χ0n) is 10.5. The number of likely N-dealkylation sites (tertiary alicyclic amines) is 1. The van der Waals surface area contributed by atoms with Crippen molar-refractivity contribution in [2.75, 3.05) is 26.2 Å². The molecule has 0 spiro atoms. The van der Waals surface area contributed by atoms with E-state index in [-0.39, 0.29) is 6.10 Å². The molecule has 1 saturated heterocycles. The molecule has 0 radical (unpaired) electrons. The van der Waals surface area contributed by atoms with Gasteiger partial charge in [0.15, 0.2) is 0 Å². The van der Waals surface area contributed by atoms with Gasteiger partial charge >= 0.3 is 0 Å². The molecule has 0 aromatic heterocycles. The average Bonchev–Trinajstić information content (AvgIpc) is 2.27. The standard InChI is InChI=1S/C13H26N2O/c1-13-6-3-2-4-11(13)5-7-15(10-13)9-12(16)8-14/h11-12,16H,2-10,14H2,1H3/t11?,12-,13?/m0/s1. The van der Waals surface area contributed by atoms with Crippen molar-refractivity contribution in [1.82, 2.24) is 4.90 Å². The number of aliphatic hydroxyl groups is 1. The highest BCUT2D eigenvalue weighted by molar-refractivity contribution is 4.93. The molecule has 1 aliphatic heterocycles. The van der Waals surface area contributed by atoms with Crippen LogP contribution in [0, 0.1) is 11.3 Å². The number of nitrogens with zero attached hydrogens (tertiary/aromatic N) is 1. The lowest BCUT2D eigenvalue weighted by Crippen LogP contribution is -2.51. The molecule has 2 fully saturated rings. The van der Waals surface area contributed by atoms with E-state index in [0.717, 1.165) is 25.6 Å². The summed E-state index contributed by atoms with van der Waals surface area (Å²) in [4.78, 5) is 2.42. The SMILES string of the molecule is CC12CCCCC1CCN(C[C@@H](O)CN)C2. The van der Waals surface area contributed by atoms with Crippen LogP contribution in [0.3, 0.4) is 0 Å². The predicted molar refractivity (Wildman–Crippen MR) is 66.2 cm³/mol. The Morgan fingerprint density at radius 2 is 2.25 bits per heavy atom. The lowest BCUT2D eigenvalue weighted by molar-refractivity contribution is -0.00895. The van der Waals surface area contributed by atoms with Crippen LogP contribution in [0.4, 0.5) is 0 Å². The first-order valence-corrected chi connectivity index (χ1v) is 6.74. The van der Waals surface area contributed by atoms with Crippen LogP contribution < -0.4 is 5.73 Å². The van der Waals surface area contributed by atoms with Crippen molar-refractivity contribution >= 4 is 0 Å². The first kappa shape index (κ1) is 12.3. The number of fused-ring (bicyclic) bond motifs is 1. The van der Waals surface area contributed by atoms with E-state index in [1.54, 1.807) is 0 Å². The largest absolute Gasteiger partial charge is 0.390 e. The molecule has 1 aliphatic carbocycles. The van der Waals surface area contributed by atoms with Crippen LogP contribution in [0.1, 0.15) is 39.0 Å². The summed E-state index contributed by atoms with van der Waals surface area (Å²) in [5, 5.41) is 9.62. The molecule has 2 rings (SSSR count). The highest BCUT2D eigenvalue weighted by Gasteiger charge is 2.40. The van der Waals surface area contributed by atoms with E-state index in [1.165, 1.54) is 32.1 Å². The summed E-state index contributed by atoms with van der Waals surface area (Å²) >= 11 is 0. The smallest absolute Gasteiger partial charge is 0.0789 e. The lowest BCUT2D eigenvalue weighted by Gasteiger charge is -2.49. The van der Waals surface area contributed by atoms with Crippen molar-refractivity contribution in [3.8, 4) is 0 Å². The molecule has 3 heteroatoms. The maximum atomic E-state index is 9.62. The Bertz CT molecular complexity index is 234. The van der Waals surface area contributed by atoms with Gasteiger partial charge in [0.2, 0.25) is 0 Å². The Hall–Kier alpha value is -0.120. The molecule has 2 unspecified atom stereocenters. The van der Waals surface area contributed by atoms with Gasteiger partial charge in [-0.2, -0.15) is 0 Å². The van der Waals surface area contributed by atoms with E-state index in [9.17, 15) is 5.11 Å². The quantitative estimate of drug-likeness (QED) is 0.760. The number of piperidine rings is 1. The van der Waals surface area contributed by atoms with Crippen LogP contribution in [-0.2, 0) is 0 Å². The van der Waals surface area contributed by atoms with Gasteiger partial charge in [0.1, 0.15) is 0 Å². The van der Waals surface area contributed by atoms with E-state index in [0.29, 0.717) is 12.0 Å². The van der Waals surface area contributed by atoms with Gasteiger partial charge in [-0.25, -0.2) is 0 Å². The second-order valence-corrected chi connectivity index (χ2v) is 6.01. The first-order chi connectivity index (χ1) is 7.64. The Balaban J connectivity index is 1.91. The molecule has 94 valence electrons. The fourth-order valence-electron chi connectivity index (χ4n) is 3.63. The van der Waals surface area contributed by atoms with Crippen LogP contribution in [-0.4, -0.2) is 42.3 Å². The number of aliphatic hydroxyl groups excluding tert-OH is 1. The van der Waals surface area contributed by atoms with Gasteiger partial charge < -0.3 is 15.7 Å². The Kier molecular flexibility index (Phi) is 3.88. The molecule has 0 bridgehead atoms. The van der Waals surface area contributed by atoms with Crippen LogP contribution in [0.15, 0.2) is 0 Å². The third kappa shape index (κ3) is 2.58. The third-order valence-electron chi connectivity index (χ3n) is 4.66. The minimum Gasteiger partial charge on any atom is -0.390 e. The number of hydrogen-bond acceptors (Lipinski definition) is 3. The van der Waals surface area contributed by atoms with Crippen LogP contribution in [0.25, 0.3) is 0 Å². The van der Waals surface area contributed by atoms with E-state index in [2.05, 4.69) is 11.8 Å². The third-order valence-corrected chi connectivity index (χ3v) is 4.66. The van der Waals surface area contributed by atoms with Crippen LogP contribution in [0.2, 0.25) is 0 Å². The minimum atomic E-state index is -0.344. The van der Waals surface area contributed by atoms with Crippen molar-refractivity contribution in [2.45, 2.75) is 45.1 Å². The van der Waals surface area contributed by atoms with Gasteiger partial charge in [-0.15, -0.1) is 0 Å². The second kappa shape index (κ2) is 5.03. The zero-order chi connectivity index (χ0) is 11.6. The van der Waals surface area contributed by atoms with E-state index < -0.39 is 0 Å². The maximum absolute atomic E-state index is 9.62. The summed E-state index contributed by atoms with van der Waals surface area (Å²) in [6, 6.07) is 0. The van der Waals surface area contributed by atoms with Crippen molar-refractivity contribution in [3.63, 3.8) is 0 Å². The summed E-state index contributed by atoms with van der Waals surface area (Å²) in [7, 11) is 0. The fourth-order valence-corrected chi connectivity index (χ4v) is 3.63. The Morgan fingerprint density at radius 3 is 3.00 bits per heavy atom. The molecule has 3 nitrogen and oxygen atoms in total. The van der Waals surface area contributed by atoms with Crippen molar-refractivity contribution in [3.05, 3.63) is 0 Å². The summed E-state index contributed by atoms with van der Waals surface area (Å²) in [6.07, 6.45) is 6.57. The highest BCUT2D eigenvalue weighted by Crippen LogP contribution is 2.45. The first-order valence-electron chi connectivity index (χ1n) is 6.74. The lowest BCUT2D eigenvalue weighted by atomic mass is 9.64. The topological polar surface area (TPSA) is 49.5 Å². The summed E-state index contributed by atoms with van der Waals surface area (Å²) in [5.74, 6) is 0.924. The minimum absolute atomic E-state index is 0.344. The Labute approximate surface area is 99.0 Å². The molecule has 3 N–H and O–H groups in total. The van der Waals surface area contributed by atoms with Crippen LogP contribution >= 0.6 is 0 Å². The van der Waals surface area contributed by atoms with Gasteiger partial charge in [-0.3, -0.25) is 0 Å². The monoisotopic (exact) mass is 226 g/mol. The van der Waals surface area contributed by atoms with Crippen molar-refractivity contribution < 1.29 is 5.11 Å². The summed E-state index contributed by atoms with van der Waals surface area (Å²) in [5.41, 5.74) is 5.98. The average molecular weight is 226 g/mol. The number of hydrogen-bond donors (Lipinski definition) is 2. The van der Waals surface area contributed by atoms with E-state index in [1.807, 2.05) is 0 Å². The molecule has 0 aromatic carbocycles. The molecular weight excluding hydrogens is 200 g/mol. The summed E-state index contributed by atoms with van der Waals surface area (Å²) in [6.45, 7) is 5.90. The van der Waals surface area contributed by atoms with Gasteiger partial charge in [0.25, 0.3) is 0 Å². The van der Waals surface area contributed by atoms with Gasteiger partial charge in [-0.1, -0.05) is 19.8 Å². The molecule has 2 aliphatic rings. The molecule has 16 heavy (non-hydrogen) atoms. The normalized spacial score (nSPS) is 38.1. The molecule has 1 heterocycles. The molecule has 0 aromatic rings. The molecule has 0 amide bonds. The van der Waals surface area contributed by atoms with Crippen LogP contribution in [0.5, 0.6) is 0 Å². The number of β-amino-alcohol motifs (C(OH)–C–C–N with tert-alkyl or cyclic N) is 1. The number of nitrogens with two attached hydrogens (primary N) is 1.